The van der Waals surface area contributed by atoms with E-state index in [4.69, 9.17) is 26.0 Å². The maximum Gasteiger partial charge on any atom is 0.144 e. The van der Waals surface area contributed by atoms with E-state index in [0.717, 1.165) is 24.1 Å². The van der Waals surface area contributed by atoms with Gasteiger partial charge in [-0.05, 0) is 50.0 Å². The Balaban J connectivity index is 2.36. The molecule has 1 aromatic carbocycles. The van der Waals surface area contributed by atoms with Gasteiger partial charge in [0.05, 0.1) is 24.1 Å². The van der Waals surface area contributed by atoms with E-state index < -0.39 is 0 Å². The number of hydrogen-bond donors (Lipinski definition) is 1. The Hall–Kier alpha value is -2.47. The minimum atomic E-state index is -0.0263. The molecule has 0 bridgehead atoms. The third-order valence-corrected chi connectivity index (χ3v) is 7.56. The molecule has 7 heteroatoms. The average molecular weight is 477 g/mol. The van der Waals surface area contributed by atoms with E-state index in [2.05, 4.69) is 56.2 Å². The number of rotatable bonds is 8. The summed E-state index contributed by atoms with van der Waals surface area (Å²) in [6.45, 7) is 10.7. The van der Waals surface area contributed by atoms with Gasteiger partial charge in [0.1, 0.15) is 25.7 Å². The van der Waals surface area contributed by atoms with E-state index in [1.165, 1.54) is 13.3 Å². The Morgan fingerprint density at radius 1 is 1.24 bits per heavy atom. The second kappa shape index (κ2) is 11.6. The molecule has 1 aliphatic rings. The highest BCUT2D eigenvalue weighted by Crippen LogP contribution is 2.45. The maximum atomic E-state index is 10.9. The first kappa shape index (κ1) is 26.8. The second-order valence-electron chi connectivity index (χ2n) is 8.91. The first-order chi connectivity index (χ1) is 15.6. The maximum absolute atomic E-state index is 10.9. The smallest absolute Gasteiger partial charge is 0.144 e. The van der Waals surface area contributed by atoms with E-state index in [1.807, 2.05) is 6.92 Å². The Morgan fingerprint density at radius 2 is 1.94 bits per heavy atom. The molecule has 1 saturated carbocycles. The number of allylic oxidation sites excluding steroid dienone is 4. The lowest BCUT2D eigenvalue weighted by molar-refractivity contribution is 0.169. The molecule has 0 spiro atoms. The van der Waals surface area contributed by atoms with Gasteiger partial charge in [-0.3, -0.25) is 0 Å². The molecule has 0 unspecified atom stereocenters. The monoisotopic (exact) mass is 476 g/mol. The van der Waals surface area contributed by atoms with E-state index in [9.17, 15) is 5.11 Å². The van der Waals surface area contributed by atoms with E-state index in [1.54, 1.807) is 14.2 Å². The van der Waals surface area contributed by atoms with Crippen molar-refractivity contribution in [3.63, 3.8) is 0 Å². The topological polar surface area (TPSA) is 72.6 Å². The normalized spacial score (nSPS) is 25.2. The summed E-state index contributed by atoms with van der Waals surface area (Å²) in [6.07, 6.45) is 10.5. The molecule has 0 aliphatic heterocycles. The van der Waals surface area contributed by atoms with Gasteiger partial charge in [-0.25, -0.2) is 0 Å². The molecule has 0 saturated heterocycles. The molecule has 6 nitrogen and oxygen atoms in total. The van der Waals surface area contributed by atoms with Gasteiger partial charge in [0.2, 0.25) is 0 Å². The average Bonchev–Trinajstić information content (AvgIpc) is 2.79. The molecule has 1 fully saturated rings. The third kappa shape index (κ3) is 5.72. The van der Waals surface area contributed by atoms with Crippen LogP contribution in [0, 0.1) is 24.2 Å². The second-order valence-corrected chi connectivity index (χ2v) is 9.29. The number of halogens is 1. The van der Waals surface area contributed by atoms with Crippen molar-refractivity contribution in [1.29, 1.82) is 0 Å². The van der Waals surface area contributed by atoms with Gasteiger partial charge in [0, 0.05) is 17.0 Å². The Kier molecular flexibility index (Phi) is 9.41. The number of benzene rings is 1. The van der Waals surface area contributed by atoms with Crippen molar-refractivity contribution >= 4 is 23.5 Å². The minimum Gasteiger partial charge on any atom is -0.507 e. The van der Waals surface area contributed by atoms with Crippen molar-refractivity contribution in [3.05, 3.63) is 45.5 Å². The highest BCUT2D eigenvalue weighted by molar-refractivity contribution is 6.33. The summed E-state index contributed by atoms with van der Waals surface area (Å²) < 4.78 is 5.52. The third-order valence-electron chi connectivity index (χ3n) is 7.11. The molecule has 0 heterocycles. The van der Waals surface area contributed by atoms with E-state index >= 15 is 0 Å². The van der Waals surface area contributed by atoms with Crippen LogP contribution in [0.15, 0.2) is 34.1 Å². The van der Waals surface area contributed by atoms with Crippen LogP contribution in [0.25, 0.3) is 0 Å². The number of aromatic hydroxyl groups is 1. The lowest BCUT2D eigenvalue weighted by Crippen LogP contribution is -2.40. The summed E-state index contributed by atoms with van der Waals surface area (Å²) in [7, 11) is 4.60. The molecule has 0 aromatic heterocycles. The van der Waals surface area contributed by atoms with Crippen molar-refractivity contribution < 1.29 is 19.5 Å². The molecule has 182 valence electrons. The van der Waals surface area contributed by atoms with Crippen molar-refractivity contribution in [1.82, 2.24) is 0 Å². The predicted octanol–water partition coefficient (Wildman–Crippen LogP) is 6.46. The molecular weight excluding hydrogens is 440 g/mol. The zero-order valence-corrected chi connectivity index (χ0v) is 21.8. The zero-order chi connectivity index (χ0) is 24.8. The van der Waals surface area contributed by atoms with Crippen LogP contribution in [0.3, 0.4) is 0 Å². The minimum absolute atomic E-state index is 0.0263. The van der Waals surface area contributed by atoms with Crippen molar-refractivity contribution in [3.8, 4) is 11.5 Å². The summed E-state index contributed by atoms with van der Waals surface area (Å²) in [5.74, 6) is 1.36. The quantitative estimate of drug-likeness (QED) is 0.265. The summed E-state index contributed by atoms with van der Waals surface area (Å²) in [5.41, 5.74) is 3.97. The Bertz CT molecular complexity index is 968. The number of phenols is 1. The van der Waals surface area contributed by atoms with Gasteiger partial charge >= 0.3 is 0 Å². The largest absolute Gasteiger partial charge is 0.507 e. The Morgan fingerprint density at radius 3 is 2.55 bits per heavy atom. The van der Waals surface area contributed by atoms with E-state index in [0.29, 0.717) is 39.8 Å². The zero-order valence-electron chi connectivity index (χ0n) is 21.0. The summed E-state index contributed by atoms with van der Waals surface area (Å²) in [5, 5.41) is 19.4. The van der Waals surface area contributed by atoms with E-state index in [-0.39, 0.29) is 17.1 Å². The molecule has 0 radical (unpaired) electrons. The van der Waals surface area contributed by atoms with Crippen molar-refractivity contribution in [2.24, 2.45) is 27.6 Å². The van der Waals surface area contributed by atoms with Crippen LogP contribution in [0.4, 0.5) is 0 Å². The number of methoxy groups -OCH3 is 1. The number of ether oxygens (including phenoxy) is 1. The van der Waals surface area contributed by atoms with Gasteiger partial charge in [-0.1, -0.05) is 66.5 Å². The fraction of sp³-hybridized carbons (Fsp3) is 0.538. The number of nitrogens with zero attached hydrogens (tertiary/aromatic N) is 2. The number of oxime groups is 2. The molecule has 3 atom stereocenters. The SMILES string of the molecule is CO/N=C/c1c(C)c(Cl)c(OC)c(C/C=C(C)/C=C/[C@@]2(C)[C@H](C)CC/C(=N\OC)[C@@H]2C)c1O. The van der Waals surface area contributed by atoms with Gasteiger partial charge in [-0.2, -0.15) is 0 Å². The van der Waals surface area contributed by atoms with Crippen molar-refractivity contribution in [2.75, 3.05) is 21.3 Å². The molecular formula is C26H37ClN2O4. The van der Waals surface area contributed by atoms with Crippen molar-refractivity contribution in [2.45, 2.75) is 53.9 Å². The Labute approximate surface area is 202 Å². The van der Waals surface area contributed by atoms with Crippen LogP contribution in [-0.2, 0) is 16.1 Å². The summed E-state index contributed by atoms with van der Waals surface area (Å²) in [6, 6.07) is 0. The molecule has 33 heavy (non-hydrogen) atoms. The van der Waals surface area contributed by atoms with Gasteiger partial charge in [0.25, 0.3) is 0 Å². The molecule has 1 N–H and O–H groups in total. The number of phenolic OH excluding ortho intramolecular Hbond substituents is 1. The summed E-state index contributed by atoms with van der Waals surface area (Å²) >= 11 is 6.53. The lowest BCUT2D eigenvalue weighted by Gasteiger charge is -2.43. The van der Waals surface area contributed by atoms with Gasteiger partial charge in [-0.15, -0.1) is 0 Å². The van der Waals surface area contributed by atoms with Crippen LogP contribution in [0.5, 0.6) is 11.5 Å². The predicted molar refractivity (Wildman–Crippen MR) is 136 cm³/mol. The molecule has 0 amide bonds. The van der Waals surface area contributed by atoms with Crippen LogP contribution in [-0.4, -0.2) is 38.4 Å². The fourth-order valence-electron chi connectivity index (χ4n) is 4.40. The lowest BCUT2D eigenvalue weighted by atomic mass is 9.61. The van der Waals surface area contributed by atoms with Crippen LogP contribution in [0.2, 0.25) is 5.02 Å². The van der Waals surface area contributed by atoms with Gasteiger partial charge in [0.15, 0.2) is 0 Å². The molecule has 2 rings (SSSR count). The van der Waals surface area contributed by atoms with Crippen LogP contribution >= 0.6 is 11.6 Å². The van der Waals surface area contributed by atoms with Crippen LogP contribution < -0.4 is 4.74 Å². The molecule has 1 aliphatic carbocycles. The summed E-state index contributed by atoms with van der Waals surface area (Å²) in [4.78, 5) is 9.84. The first-order valence-corrected chi connectivity index (χ1v) is 11.6. The van der Waals surface area contributed by atoms with Crippen LogP contribution in [0.1, 0.15) is 57.2 Å². The van der Waals surface area contributed by atoms with Gasteiger partial charge < -0.3 is 19.5 Å². The fourth-order valence-corrected chi connectivity index (χ4v) is 4.70. The standard InChI is InChI=1S/C26H37ClN2O4/c1-16(13-14-26(5)17(2)10-12-22(19(26)4)29-33-8)9-11-20-24(30)21(15-28-32-7)18(3)23(27)25(20)31-6/h9,13-15,17,19,30H,10-12H2,1-8H3/b14-13+,16-9+,28-15+,29-22+/t17-,19+,26+/m1/s1. The highest BCUT2D eigenvalue weighted by atomic mass is 35.5. The highest BCUT2D eigenvalue weighted by Gasteiger charge is 2.41. The number of hydrogen-bond acceptors (Lipinski definition) is 6. The molecule has 1 aromatic rings. The first-order valence-electron chi connectivity index (χ1n) is 11.2.